The molecule has 150 valence electrons. The van der Waals surface area contributed by atoms with Crippen LogP contribution in [-0.2, 0) is 4.79 Å². The molecule has 0 spiro atoms. The van der Waals surface area contributed by atoms with E-state index >= 15 is 0 Å². The lowest BCUT2D eigenvalue weighted by molar-refractivity contribution is -0.139. The maximum atomic E-state index is 13.6. The molecule has 0 bridgehead atoms. The highest BCUT2D eigenvalue weighted by atomic mass is 19.1. The van der Waals surface area contributed by atoms with Gasteiger partial charge in [-0.3, -0.25) is 0 Å². The largest absolute Gasteiger partial charge is 0.494 e. The molecule has 1 saturated carbocycles. The van der Waals surface area contributed by atoms with E-state index in [0.717, 1.165) is 24.8 Å². The lowest BCUT2D eigenvalue weighted by Crippen LogP contribution is -2.29. The van der Waals surface area contributed by atoms with Crippen LogP contribution >= 0.6 is 0 Å². The Morgan fingerprint density at radius 1 is 1.25 bits per heavy atom. The van der Waals surface area contributed by atoms with Crippen LogP contribution in [0, 0.1) is 5.82 Å². The number of methoxy groups -OCH3 is 1. The topological polar surface area (TPSA) is 67.8 Å². The van der Waals surface area contributed by atoms with Crippen LogP contribution in [0.4, 0.5) is 4.39 Å². The van der Waals surface area contributed by atoms with Crippen molar-refractivity contribution >= 4 is 5.97 Å². The number of rotatable bonds is 8. The van der Waals surface area contributed by atoms with Crippen molar-refractivity contribution in [2.75, 3.05) is 13.7 Å². The average Bonchev–Trinajstić information content (AvgIpc) is 3.15. The number of ether oxygens (including phenoxy) is 2. The maximum absolute atomic E-state index is 13.6. The first-order valence-electron chi connectivity index (χ1n) is 9.50. The fourth-order valence-electron chi connectivity index (χ4n) is 3.81. The van der Waals surface area contributed by atoms with Crippen LogP contribution in [0.25, 0.3) is 0 Å². The highest BCUT2D eigenvalue weighted by molar-refractivity contribution is 5.68. The third-order valence-corrected chi connectivity index (χ3v) is 5.31. The van der Waals surface area contributed by atoms with E-state index in [1.54, 1.807) is 12.1 Å². The first kappa shape index (κ1) is 20.1. The summed E-state index contributed by atoms with van der Waals surface area (Å²) in [6, 6.07) is 13.1. The number of halogens is 1. The summed E-state index contributed by atoms with van der Waals surface area (Å²) in [5.41, 5.74) is 2.24. The second-order valence-electron chi connectivity index (χ2n) is 7.24. The molecule has 0 aliphatic heterocycles. The number of hydrogen-bond acceptors (Lipinski definition) is 4. The Labute approximate surface area is 164 Å². The Bertz CT molecular complexity index is 809. The molecule has 0 heterocycles. The van der Waals surface area contributed by atoms with Gasteiger partial charge in [-0.15, -0.1) is 0 Å². The van der Waals surface area contributed by atoms with E-state index in [4.69, 9.17) is 14.6 Å². The van der Waals surface area contributed by atoms with Gasteiger partial charge in [0.1, 0.15) is 5.75 Å². The van der Waals surface area contributed by atoms with Crippen LogP contribution in [0.15, 0.2) is 42.5 Å². The summed E-state index contributed by atoms with van der Waals surface area (Å²) in [4.78, 5) is 10.6. The van der Waals surface area contributed by atoms with E-state index in [2.05, 4.69) is 12.2 Å². The van der Waals surface area contributed by atoms with Gasteiger partial charge >= 0.3 is 5.97 Å². The summed E-state index contributed by atoms with van der Waals surface area (Å²) in [6.07, 6.45) is 3.19. The molecule has 0 radical (unpaired) electrons. The zero-order valence-electron chi connectivity index (χ0n) is 16.2. The van der Waals surface area contributed by atoms with Crippen molar-refractivity contribution in [3.05, 3.63) is 59.4 Å². The number of nitrogens with one attached hydrogen (secondary N) is 1. The molecule has 0 saturated heterocycles. The SMILES string of the molecule is COc1cc([C@@H](C)N[C@H]2CC[C@@H](c3ccc(OCC(=O)O)cc3)C2)ccc1F. The predicted molar refractivity (Wildman–Crippen MR) is 104 cm³/mol. The average molecular weight is 387 g/mol. The minimum absolute atomic E-state index is 0.102. The molecule has 1 aliphatic rings. The van der Waals surface area contributed by atoms with Gasteiger partial charge in [0.15, 0.2) is 18.2 Å². The minimum Gasteiger partial charge on any atom is -0.494 e. The Kier molecular flexibility index (Phi) is 6.52. The Hall–Kier alpha value is -2.60. The lowest BCUT2D eigenvalue weighted by atomic mass is 9.97. The number of hydrogen-bond donors (Lipinski definition) is 2. The fraction of sp³-hybridized carbons (Fsp3) is 0.409. The summed E-state index contributed by atoms with van der Waals surface area (Å²) in [5.74, 6) is -0.0452. The molecular weight excluding hydrogens is 361 g/mol. The molecule has 3 rings (SSSR count). The zero-order valence-corrected chi connectivity index (χ0v) is 16.2. The molecule has 1 aliphatic carbocycles. The van der Waals surface area contributed by atoms with Crippen molar-refractivity contribution in [3.63, 3.8) is 0 Å². The monoisotopic (exact) mass is 387 g/mol. The smallest absolute Gasteiger partial charge is 0.341 e. The fourth-order valence-corrected chi connectivity index (χ4v) is 3.81. The van der Waals surface area contributed by atoms with Crippen LogP contribution in [0.2, 0.25) is 0 Å². The second-order valence-corrected chi connectivity index (χ2v) is 7.24. The van der Waals surface area contributed by atoms with Crippen molar-refractivity contribution in [3.8, 4) is 11.5 Å². The molecule has 5 nitrogen and oxygen atoms in total. The predicted octanol–water partition coefficient (Wildman–Crippen LogP) is 4.28. The number of carboxylic acids is 1. The van der Waals surface area contributed by atoms with Gasteiger partial charge in [0.05, 0.1) is 7.11 Å². The maximum Gasteiger partial charge on any atom is 0.341 e. The van der Waals surface area contributed by atoms with Gasteiger partial charge in [0.2, 0.25) is 0 Å². The minimum atomic E-state index is -0.985. The zero-order chi connectivity index (χ0) is 20.1. The van der Waals surface area contributed by atoms with Crippen LogP contribution in [-0.4, -0.2) is 30.8 Å². The molecule has 2 N–H and O–H groups in total. The van der Waals surface area contributed by atoms with E-state index in [0.29, 0.717) is 17.7 Å². The van der Waals surface area contributed by atoms with E-state index in [9.17, 15) is 9.18 Å². The summed E-state index contributed by atoms with van der Waals surface area (Å²) in [7, 11) is 1.47. The third-order valence-electron chi connectivity index (χ3n) is 5.31. The van der Waals surface area contributed by atoms with Crippen LogP contribution in [0.1, 0.15) is 49.3 Å². The molecule has 2 aromatic carbocycles. The van der Waals surface area contributed by atoms with Gasteiger partial charge < -0.3 is 19.9 Å². The molecular formula is C22H26FNO4. The van der Waals surface area contributed by atoms with E-state index < -0.39 is 5.97 Å². The number of carboxylic acid groups (broad SMARTS) is 1. The molecule has 0 amide bonds. The summed E-state index contributed by atoms with van der Waals surface area (Å²) >= 11 is 0. The van der Waals surface area contributed by atoms with E-state index in [1.165, 1.54) is 18.7 Å². The summed E-state index contributed by atoms with van der Waals surface area (Å²) in [5, 5.41) is 12.3. The lowest BCUT2D eigenvalue weighted by Gasteiger charge is -2.21. The molecule has 3 atom stereocenters. The number of benzene rings is 2. The van der Waals surface area contributed by atoms with Gasteiger partial charge in [-0.2, -0.15) is 0 Å². The van der Waals surface area contributed by atoms with Gasteiger partial charge in [-0.05, 0) is 67.5 Å². The first-order chi connectivity index (χ1) is 13.5. The van der Waals surface area contributed by atoms with Crippen molar-refractivity contribution in [1.29, 1.82) is 0 Å². The highest BCUT2D eigenvalue weighted by Gasteiger charge is 2.27. The molecule has 6 heteroatoms. The Morgan fingerprint density at radius 3 is 2.68 bits per heavy atom. The van der Waals surface area contributed by atoms with Crippen LogP contribution in [0.3, 0.4) is 0 Å². The Morgan fingerprint density at radius 2 is 2.00 bits per heavy atom. The summed E-state index contributed by atoms with van der Waals surface area (Å²) in [6.45, 7) is 1.75. The van der Waals surface area contributed by atoms with E-state index in [1.807, 2.05) is 24.3 Å². The summed E-state index contributed by atoms with van der Waals surface area (Å²) < 4.78 is 23.9. The molecule has 1 fully saturated rings. The molecule has 2 aromatic rings. The van der Waals surface area contributed by atoms with Crippen molar-refractivity contribution in [2.24, 2.45) is 0 Å². The number of carbonyl (C=O) groups is 1. The van der Waals surface area contributed by atoms with E-state index in [-0.39, 0.29) is 24.2 Å². The van der Waals surface area contributed by atoms with Gasteiger partial charge in [-0.1, -0.05) is 18.2 Å². The van der Waals surface area contributed by atoms with Crippen molar-refractivity contribution in [1.82, 2.24) is 5.32 Å². The quantitative estimate of drug-likeness (QED) is 0.707. The van der Waals surface area contributed by atoms with Crippen LogP contribution < -0.4 is 14.8 Å². The van der Waals surface area contributed by atoms with Crippen molar-refractivity contribution < 1.29 is 23.8 Å². The standard InChI is InChI=1S/C22H26FNO4/c1-14(16-6-10-20(23)21(12-16)27-2)24-18-7-3-17(11-18)15-4-8-19(9-5-15)28-13-22(25)26/h4-6,8-10,12,14,17-18,24H,3,7,11,13H2,1-2H3,(H,25,26)/t14-,17-,18+/m1/s1. The molecule has 28 heavy (non-hydrogen) atoms. The first-order valence-corrected chi connectivity index (χ1v) is 9.50. The van der Waals surface area contributed by atoms with Gasteiger partial charge in [0.25, 0.3) is 0 Å². The highest BCUT2D eigenvalue weighted by Crippen LogP contribution is 2.36. The van der Waals surface area contributed by atoms with Gasteiger partial charge in [-0.25, -0.2) is 9.18 Å². The number of aliphatic carboxylic acids is 1. The Balaban J connectivity index is 1.55. The molecule has 0 aromatic heterocycles. The normalized spacial score (nSPS) is 20.0. The van der Waals surface area contributed by atoms with Crippen LogP contribution in [0.5, 0.6) is 11.5 Å². The second kappa shape index (κ2) is 9.06. The third kappa shape index (κ3) is 5.01. The van der Waals surface area contributed by atoms with Crippen molar-refractivity contribution in [2.45, 2.75) is 44.2 Å². The molecule has 0 unspecified atom stereocenters. The van der Waals surface area contributed by atoms with Gasteiger partial charge in [0, 0.05) is 12.1 Å².